The molecule has 0 saturated carbocycles. The molecular formula is C15H17N3O4. The van der Waals surface area contributed by atoms with E-state index in [1.54, 1.807) is 19.1 Å². The van der Waals surface area contributed by atoms with Gasteiger partial charge in [0.05, 0.1) is 24.2 Å². The fourth-order valence-corrected chi connectivity index (χ4v) is 2.03. The number of nitrogens with one attached hydrogen (secondary N) is 1. The number of benzene rings is 1. The van der Waals surface area contributed by atoms with Crippen molar-refractivity contribution in [3.8, 4) is 5.88 Å². The standard InChI is InChI=1S/C15H17N3O4/c1-10(14(19)11-6-4-3-5-7-11)16-15-12(18(20)21)8-9-13(17-15)22-2/h3-10,14,19H,1-2H3,(H,16,17). The normalized spacial score (nSPS) is 13.2. The monoisotopic (exact) mass is 303 g/mol. The van der Waals surface area contributed by atoms with E-state index in [1.807, 2.05) is 18.2 Å². The van der Waals surface area contributed by atoms with Crippen LogP contribution >= 0.6 is 0 Å². The molecule has 1 heterocycles. The summed E-state index contributed by atoms with van der Waals surface area (Å²) in [7, 11) is 1.43. The Labute approximate surface area is 127 Å². The SMILES string of the molecule is COc1ccc([N+](=O)[O-])c(NC(C)C(O)c2ccccc2)n1. The lowest BCUT2D eigenvalue weighted by Gasteiger charge is -2.21. The molecule has 7 nitrogen and oxygen atoms in total. The van der Waals surface area contributed by atoms with Crippen LogP contribution in [-0.2, 0) is 0 Å². The van der Waals surface area contributed by atoms with E-state index in [0.717, 1.165) is 0 Å². The maximum Gasteiger partial charge on any atom is 0.311 e. The first-order chi connectivity index (χ1) is 10.5. The van der Waals surface area contributed by atoms with E-state index in [2.05, 4.69) is 10.3 Å². The van der Waals surface area contributed by atoms with Crippen LogP contribution in [-0.4, -0.2) is 28.2 Å². The Morgan fingerprint density at radius 3 is 2.55 bits per heavy atom. The van der Waals surface area contributed by atoms with E-state index >= 15 is 0 Å². The number of ether oxygens (including phenoxy) is 1. The van der Waals surface area contributed by atoms with E-state index in [0.29, 0.717) is 5.56 Å². The third kappa shape index (κ3) is 3.50. The molecule has 7 heteroatoms. The number of aliphatic hydroxyl groups is 1. The lowest BCUT2D eigenvalue weighted by molar-refractivity contribution is -0.384. The molecule has 2 rings (SSSR count). The smallest absolute Gasteiger partial charge is 0.311 e. The van der Waals surface area contributed by atoms with Crippen molar-refractivity contribution in [2.24, 2.45) is 0 Å². The van der Waals surface area contributed by atoms with Crippen molar-refractivity contribution in [1.29, 1.82) is 0 Å². The molecule has 0 radical (unpaired) electrons. The largest absolute Gasteiger partial charge is 0.481 e. The molecule has 2 N–H and O–H groups in total. The predicted octanol–water partition coefficient (Wildman–Crippen LogP) is 2.53. The molecule has 0 fully saturated rings. The van der Waals surface area contributed by atoms with E-state index in [9.17, 15) is 15.2 Å². The van der Waals surface area contributed by atoms with Crippen LogP contribution in [0.15, 0.2) is 42.5 Å². The predicted molar refractivity (Wildman–Crippen MR) is 81.9 cm³/mol. The van der Waals surface area contributed by atoms with Crippen LogP contribution in [0.4, 0.5) is 11.5 Å². The average Bonchev–Trinajstić information content (AvgIpc) is 2.54. The summed E-state index contributed by atoms with van der Waals surface area (Å²) in [5, 5.41) is 24.3. The second kappa shape index (κ2) is 6.86. The topological polar surface area (TPSA) is 97.5 Å². The fourth-order valence-electron chi connectivity index (χ4n) is 2.03. The highest BCUT2D eigenvalue weighted by molar-refractivity contribution is 5.57. The Morgan fingerprint density at radius 2 is 1.95 bits per heavy atom. The molecule has 0 amide bonds. The van der Waals surface area contributed by atoms with E-state index < -0.39 is 17.1 Å². The number of aromatic nitrogens is 1. The lowest BCUT2D eigenvalue weighted by atomic mass is 10.0. The van der Waals surface area contributed by atoms with E-state index in [4.69, 9.17) is 4.74 Å². The molecule has 0 bridgehead atoms. The Bertz CT molecular complexity index is 648. The highest BCUT2D eigenvalue weighted by atomic mass is 16.6. The third-order valence-corrected chi connectivity index (χ3v) is 3.23. The van der Waals surface area contributed by atoms with Crippen molar-refractivity contribution in [3.05, 3.63) is 58.1 Å². The van der Waals surface area contributed by atoms with Crippen molar-refractivity contribution in [2.75, 3.05) is 12.4 Å². The molecule has 2 unspecified atom stereocenters. The van der Waals surface area contributed by atoms with Crippen molar-refractivity contribution < 1.29 is 14.8 Å². The average molecular weight is 303 g/mol. The summed E-state index contributed by atoms with van der Waals surface area (Å²) in [5.74, 6) is 0.321. The molecule has 0 aliphatic rings. The number of hydrogen-bond donors (Lipinski definition) is 2. The first-order valence-electron chi connectivity index (χ1n) is 6.72. The van der Waals surface area contributed by atoms with Crippen LogP contribution in [0.3, 0.4) is 0 Å². The van der Waals surface area contributed by atoms with Crippen LogP contribution in [0.5, 0.6) is 5.88 Å². The third-order valence-electron chi connectivity index (χ3n) is 3.23. The van der Waals surface area contributed by atoms with Gasteiger partial charge in [0.25, 0.3) is 0 Å². The number of nitro groups is 1. The van der Waals surface area contributed by atoms with Crippen LogP contribution in [0.2, 0.25) is 0 Å². The Balaban J connectivity index is 2.23. The summed E-state index contributed by atoms with van der Waals surface area (Å²) in [6.45, 7) is 1.72. The molecular weight excluding hydrogens is 286 g/mol. The summed E-state index contributed by atoms with van der Waals surface area (Å²) < 4.78 is 4.98. The van der Waals surface area contributed by atoms with Crippen LogP contribution in [0, 0.1) is 10.1 Å². The molecule has 1 aromatic heterocycles. The first-order valence-corrected chi connectivity index (χ1v) is 6.72. The summed E-state index contributed by atoms with van der Waals surface area (Å²) >= 11 is 0. The van der Waals surface area contributed by atoms with Gasteiger partial charge in [-0.1, -0.05) is 30.3 Å². The molecule has 0 aliphatic carbocycles. The number of aliphatic hydroxyl groups excluding tert-OH is 1. The Kier molecular flexibility index (Phi) is 4.90. The number of pyridine rings is 1. The van der Waals surface area contributed by atoms with E-state index in [-0.39, 0.29) is 17.4 Å². The van der Waals surface area contributed by atoms with Gasteiger partial charge >= 0.3 is 5.69 Å². The van der Waals surface area contributed by atoms with Crippen LogP contribution < -0.4 is 10.1 Å². The van der Waals surface area contributed by atoms with Crippen molar-refractivity contribution in [1.82, 2.24) is 4.98 Å². The summed E-state index contributed by atoms with van der Waals surface area (Å²) in [5.41, 5.74) is 0.543. The zero-order chi connectivity index (χ0) is 16.1. The molecule has 0 spiro atoms. The molecule has 0 saturated heterocycles. The number of methoxy groups -OCH3 is 1. The second-order valence-corrected chi connectivity index (χ2v) is 4.77. The number of rotatable bonds is 6. The van der Waals surface area contributed by atoms with Gasteiger partial charge in [-0.3, -0.25) is 10.1 Å². The van der Waals surface area contributed by atoms with Crippen molar-refractivity contribution >= 4 is 11.5 Å². The lowest BCUT2D eigenvalue weighted by Crippen LogP contribution is -2.25. The van der Waals surface area contributed by atoms with Crippen LogP contribution in [0.1, 0.15) is 18.6 Å². The highest BCUT2D eigenvalue weighted by Crippen LogP contribution is 2.27. The van der Waals surface area contributed by atoms with Gasteiger partial charge in [-0.15, -0.1) is 0 Å². The van der Waals surface area contributed by atoms with Gasteiger partial charge in [0.1, 0.15) is 0 Å². The van der Waals surface area contributed by atoms with Gasteiger partial charge in [0, 0.05) is 12.1 Å². The summed E-state index contributed by atoms with van der Waals surface area (Å²) in [6, 6.07) is 11.3. The van der Waals surface area contributed by atoms with E-state index in [1.165, 1.54) is 19.2 Å². The fraction of sp³-hybridized carbons (Fsp3) is 0.267. The number of anilines is 1. The molecule has 1 aromatic carbocycles. The first kappa shape index (κ1) is 15.7. The number of nitrogens with zero attached hydrogens (tertiary/aromatic N) is 2. The molecule has 2 atom stereocenters. The number of hydrogen-bond acceptors (Lipinski definition) is 6. The zero-order valence-electron chi connectivity index (χ0n) is 12.3. The minimum Gasteiger partial charge on any atom is -0.481 e. The minimum atomic E-state index is -0.825. The van der Waals surface area contributed by atoms with Gasteiger partial charge in [-0.2, -0.15) is 4.98 Å². The van der Waals surface area contributed by atoms with Gasteiger partial charge in [0.15, 0.2) is 0 Å². The minimum absolute atomic E-state index is 0.0619. The second-order valence-electron chi connectivity index (χ2n) is 4.77. The highest BCUT2D eigenvalue weighted by Gasteiger charge is 2.22. The summed E-state index contributed by atoms with van der Waals surface area (Å²) in [6.07, 6.45) is -0.825. The molecule has 116 valence electrons. The summed E-state index contributed by atoms with van der Waals surface area (Å²) in [4.78, 5) is 14.6. The van der Waals surface area contributed by atoms with Gasteiger partial charge < -0.3 is 15.2 Å². The quantitative estimate of drug-likeness (QED) is 0.628. The Morgan fingerprint density at radius 1 is 1.27 bits per heavy atom. The molecule has 0 aliphatic heterocycles. The zero-order valence-corrected chi connectivity index (χ0v) is 12.3. The maximum absolute atomic E-state index is 11.1. The van der Waals surface area contributed by atoms with Crippen molar-refractivity contribution in [3.63, 3.8) is 0 Å². The van der Waals surface area contributed by atoms with Gasteiger partial charge in [-0.05, 0) is 12.5 Å². The van der Waals surface area contributed by atoms with Gasteiger partial charge in [-0.25, -0.2) is 0 Å². The van der Waals surface area contributed by atoms with Crippen LogP contribution in [0.25, 0.3) is 0 Å². The molecule has 22 heavy (non-hydrogen) atoms. The molecule has 2 aromatic rings. The van der Waals surface area contributed by atoms with Gasteiger partial charge in [0.2, 0.25) is 11.7 Å². The Hall–Kier alpha value is -2.67. The maximum atomic E-state index is 11.1. The van der Waals surface area contributed by atoms with Crippen molar-refractivity contribution in [2.45, 2.75) is 19.1 Å².